The minimum absolute atomic E-state index is 0.00856. The van der Waals surface area contributed by atoms with E-state index in [4.69, 9.17) is 16.3 Å². The van der Waals surface area contributed by atoms with Crippen LogP contribution >= 0.6 is 11.6 Å². The van der Waals surface area contributed by atoms with Gasteiger partial charge in [0.1, 0.15) is 18.3 Å². The number of anilines is 1. The zero-order valence-corrected chi connectivity index (χ0v) is 25.9. The van der Waals surface area contributed by atoms with Gasteiger partial charge in [-0.25, -0.2) is 8.42 Å². The lowest BCUT2D eigenvalue weighted by Crippen LogP contribution is -2.54. The Morgan fingerprint density at radius 1 is 1.00 bits per heavy atom. The molecule has 3 rings (SSSR count). The highest BCUT2D eigenvalue weighted by Crippen LogP contribution is 2.26. The molecule has 0 aliphatic rings. The zero-order chi connectivity index (χ0) is 30.4. The number of hydrogen-bond donors (Lipinski definition) is 1. The molecule has 3 aromatic carbocycles. The summed E-state index contributed by atoms with van der Waals surface area (Å²) >= 11 is 6.19. The Labute approximate surface area is 248 Å². The maximum absolute atomic E-state index is 14.0. The van der Waals surface area contributed by atoms with E-state index in [0.717, 1.165) is 9.87 Å². The average Bonchev–Trinajstić information content (AvgIpc) is 2.90. The van der Waals surface area contributed by atoms with E-state index in [1.165, 1.54) is 17.0 Å². The number of rotatable bonds is 11. The van der Waals surface area contributed by atoms with Gasteiger partial charge in [0.2, 0.25) is 11.8 Å². The third-order valence-corrected chi connectivity index (χ3v) is 8.25. The summed E-state index contributed by atoms with van der Waals surface area (Å²) in [6.45, 7) is 10.9. The normalized spacial score (nSPS) is 12.4. The van der Waals surface area contributed by atoms with E-state index in [9.17, 15) is 18.0 Å². The second-order valence-corrected chi connectivity index (χ2v) is 13.1. The molecule has 41 heavy (non-hydrogen) atoms. The molecule has 2 amide bonds. The van der Waals surface area contributed by atoms with Crippen molar-refractivity contribution in [3.63, 3.8) is 0 Å². The van der Waals surface area contributed by atoms with Crippen LogP contribution in [0, 0.1) is 6.92 Å². The maximum Gasteiger partial charge on any atom is 0.264 e. The van der Waals surface area contributed by atoms with Crippen molar-refractivity contribution in [1.82, 2.24) is 10.2 Å². The van der Waals surface area contributed by atoms with Gasteiger partial charge in [-0.3, -0.25) is 13.9 Å². The largest absolute Gasteiger partial charge is 0.494 e. The van der Waals surface area contributed by atoms with Crippen molar-refractivity contribution >= 4 is 39.1 Å². The molecule has 0 aliphatic heterocycles. The Morgan fingerprint density at radius 3 is 2.20 bits per heavy atom. The van der Waals surface area contributed by atoms with Crippen LogP contribution in [0.1, 0.15) is 45.7 Å². The number of amides is 2. The molecule has 0 spiro atoms. The van der Waals surface area contributed by atoms with Crippen LogP contribution < -0.4 is 14.4 Å². The van der Waals surface area contributed by atoms with Crippen LogP contribution in [0.25, 0.3) is 0 Å². The molecule has 0 aliphatic carbocycles. The first-order valence-corrected chi connectivity index (χ1v) is 15.2. The van der Waals surface area contributed by atoms with E-state index in [0.29, 0.717) is 28.6 Å². The lowest BCUT2D eigenvalue weighted by Gasteiger charge is -2.33. The number of hydrogen-bond acceptors (Lipinski definition) is 5. The SMILES string of the molecule is CCOc1ccc(S(=O)(=O)N(CC(=O)N(Cc2cccc(Cl)c2)[C@@H](C)C(=O)NC(C)(C)C)c2ccc(C)cc2)cc1. The third-order valence-electron chi connectivity index (χ3n) is 6.23. The Kier molecular flexibility index (Phi) is 10.4. The van der Waals surface area contributed by atoms with Crippen molar-refractivity contribution in [2.75, 3.05) is 17.5 Å². The first kappa shape index (κ1) is 32.0. The summed E-state index contributed by atoms with van der Waals surface area (Å²) in [5, 5.41) is 3.40. The van der Waals surface area contributed by atoms with Crippen molar-refractivity contribution in [2.45, 2.75) is 64.6 Å². The second-order valence-electron chi connectivity index (χ2n) is 10.8. The summed E-state index contributed by atoms with van der Waals surface area (Å²) in [7, 11) is -4.17. The van der Waals surface area contributed by atoms with Crippen LogP contribution in [0.2, 0.25) is 5.02 Å². The fourth-order valence-corrected chi connectivity index (χ4v) is 5.76. The van der Waals surface area contributed by atoms with Gasteiger partial charge in [0.05, 0.1) is 17.2 Å². The highest BCUT2D eigenvalue weighted by molar-refractivity contribution is 7.92. The molecular weight excluding hydrogens is 562 g/mol. The fraction of sp³-hybridized carbons (Fsp3) is 0.355. The van der Waals surface area contributed by atoms with Gasteiger partial charge in [-0.2, -0.15) is 0 Å². The summed E-state index contributed by atoms with van der Waals surface area (Å²) in [5.74, 6) is -0.364. The van der Waals surface area contributed by atoms with Gasteiger partial charge >= 0.3 is 0 Å². The van der Waals surface area contributed by atoms with E-state index in [1.54, 1.807) is 67.6 Å². The number of nitrogens with one attached hydrogen (secondary N) is 1. The number of nitrogens with zero attached hydrogens (tertiary/aromatic N) is 2. The van der Waals surface area contributed by atoms with Crippen LogP contribution in [0.15, 0.2) is 77.7 Å². The number of carbonyl (C=O) groups excluding carboxylic acids is 2. The topological polar surface area (TPSA) is 96.0 Å². The number of benzene rings is 3. The summed E-state index contributed by atoms with van der Waals surface area (Å²) in [4.78, 5) is 28.6. The third kappa shape index (κ3) is 8.71. The molecule has 0 heterocycles. The lowest BCUT2D eigenvalue weighted by molar-refractivity contribution is -0.140. The van der Waals surface area contributed by atoms with Gasteiger partial charge in [-0.05, 0) is 95.6 Å². The van der Waals surface area contributed by atoms with Crippen molar-refractivity contribution in [2.24, 2.45) is 0 Å². The van der Waals surface area contributed by atoms with E-state index < -0.39 is 34.1 Å². The highest BCUT2D eigenvalue weighted by Gasteiger charge is 2.33. The number of ether oxygens (including phenoxy) is 1. The predicted molar refractivity (Wildman–Crippen MR) is 163 cm³/mol. The van der Waals surface area contributed by atoms with Gasteiger partial charge in [-0.1, -0.05) is 41.4 Å². The van der Waals surface area contributed by atoms with Crippen LogP contribution in [0.5, 0.6) is 5.75 Å². The Bertz CT molecular complexity index is 1450. The molecule has 0 radical (unpaired) electrons. The van der Waals surface area contributed by atoms with E-state index >= 15 is 0 Å². The summed E-state index contributed by atoms with van der Waals surface area (Å²) in [6.07, 6.45) is 0. The first-order valence-electron chi connectivity index (χ1n) is 13.4. The van der Waals surface area contributed by atoms with Gasteiger partial charge < -0.3 is 15.0 Å². The number of carbonyl (C=O) groups is 2. The molecule has 0 saturated carbocycles. The average molecular weight is 600 g/mol. The number of aryl methyl sites for hydroxylation is 1. The fourth-order valence-electron chi connectivity index (χ4n) is 4.13. The second kappa shape index (κ2) is 13.4. The first-order chi connectivity index (χ1) is 19.2. The molecule has 0 fully saturated rings. The minimum Gasteiger partial charge on any atom is -0.494 e. The molecule has 0 aromatic heterocycles. The molecule has 0 bridgehead atoms. The Hall–Kier alpha value is -3.56. The molecule has 220 valence electrons. The van der Waals surface area contributed by atoms with Crippen LogP contribution in [-0.2, 0) is 26.2 Å². The molecule has 0 saturated heterocycles. The minimum atomic E-state index is -4.17. The van der Waals surface area contributed by atoms with Crippen molar-refractivity contribution in [3.8, 4) is 5.75 Å². The summed E-state index contributed by atoms with van der Waals surface area (Å²) in [5.41, 5.74) is 1.44. The number of sulfonamides is 1. The lowest BCUT2D eigenvalue weighted by atomic mass is 10.1. The van der Waals surface area contributed by atoms with Gasteiger partial charge in [-0.15, -0.1) is 0 Å². The maximum atomic E-state index is 14.0. The zero-order valence-electron chi connectivity index (χ0n) is 24.3. The highest BCUT2D eigenvalue weighted by atomic mass is 35.5. The van der Waals surface area contributed by atoms with Crippen LogP contribution in [0.3, 0.4) is 0 Å². The van der Waals surface area contributed by atoms with Gasteiger partial charge in [0.15, 0.2) is 0 Å². The van der Waals surface area contributed by atoms with Gasteiger partial charge in [0.25, 0.3) is 10.0 Å². The molecule has 1 N–H and O–H groups in total. The number of halogens is 1. The van der Waals surface area contributed by atoms with Gasteiger partial charge in [0, 0.05) is 17.1 Å². The van der Waals surface area contributed by atoms with Crippen molar-refractivity contribution in [3.05, 3.63) is 88.9 Å². The van der Waals surface area contributed by atoms with Crippen LogP contribution in [0.4, 0.5) is 5.69 Å². The smallest absolute Gasteiger partial charge is 0.264 e. The predicted octanol–water partition coefficient (Wildman–Crippen LogP) is 5.57. The molecule has 8 nitrogen and oxygen atoms in total. The standard InChI is InChI=1S/C31H38ClN3O5S/c1-7-40-27-15-17-28(18-16-27)41(38,39)35(26-13-11-22(2)12-14-26)21-29(36)34(20-24-9-8-10-25(32)19-24)23(3)30(37)33-31(4,5)6/h8-19,23H,7,20-21H2,1-6H3,(H,33,37)/t23-/m0/s1. The van der Waals surface area contributed by atoms with Crippen molar-refractivity contribution < 1.29 is 22.7 Å². The molecule has 0 unspecified atom stereocenters. The Balaban J connectivity index is 2.03. The molecule has 10 heteroatoms. The quantitative estimate of drug-likeness (QED) is 0.311. The summed E-state index contributed by atoms with van der Waals surface area (Å²) < 4.78 is 34.4. The van der Waals surface area contributed by atoms with E-state index in [-0.39, 0.29) is 17.3 Å². The van der Waals surface area contributed by atoms with E-state index in [2.05, 4.69) is 5.32 Å². The molecular formula is C31H38ClN3O5S. The van der Waals surface area contributed by atoms with E-state index in [1.807, 2.05) is 34.6 Å². The van der Waals surface area contributed by atoms with Crippen LogP contribution in [-0.4, -0.2) is 49.9 Å². The van der Waals surface area contributed by atoms with Crippen molar-refractivity contribution in [1.29, 1.82) is 0 Å². The molecule has 1 atom stereocenters. The Morgan fingerprint density at radius 2 is 1.63 bits per heavy atom. The molecule has 3 aromatic rings. The monoisotopic (exact) mass is 599 g/mol. The summed E-state index contributed by atoms with van der Waals surface area (Å²) in [6, 6.07) is 19.0.